The highest BCUT2D eigenvalue weighted by molar-refractivity contribution is 5.84. The summed E-state index contributed by atoms with van der Waals surface area (Å²) in [5.41, 5.74) is 3.23. The van der Waals surface area contributed by atoms with Gasteiger partial charge in [-0.05, 0) is 44.0 Å². The Bertz CT molecular complexity index is 912. The normalized spacial score (nSPS) is 16.3. The van der Waals surface area contributed by atoms with Crippen LogP contribution in [-0.2, 0) is 18.3 Å². The number of rotatable bonds is 5. The first kappa shape index (κ1) is 17.7. The van der Waals surface area contributed by atoms with E-state index >= 15 is 0 Å². The van der Waals surface area contributed by atoms with Crippen LogP contribution in [0.5, 0.6) is 0 Å². The number of carbonyl (C=O) groups excluding carboxylic acids is 1. The van der Waals surface area contributed by atoms with E-state index in [2.05, 4.69) is 34.9 Å². The minimum Gasteiger partial charge on any atom is -0.347 e. The minimum atomic E-state index is -0.138. The van der Waals surface area contributed by atoms with Gasteiger partial charge in [0.25, 0.3) is 0 Å². The Labute approximate surface area is 159 Å². The van der Waals surface area contributed by atoms with Crippen molar-refractivity contribution in [1.82, 2.24) is 20.4 Å². The van der Waals surface area contributed by atoms with Gasteiger partial charge in [0.15, 0.2) is 0 Å². The lowest BCUT2D eigenvalue weighted by Crippen LogP contribution is -2.40. The average Bonchev–Trinajstić information content (AvgIpc) is 3.06. The molecule has 5 heteroatoms. The van der Waals surface area contributed by atoms with E-state index in [9.17, 15) is 4.79 Å². The largest absolute Gasteiger partial charge is 0.347 e. The van der Waals surface area contributed by atoms with Crippen LogP contribution in [0.25, 0.3) is 10.9 Å². The summed E-state index contributed by atoms with van der Waals surface area (Å²) in [7, 11) is 1.96. The Kier molecular flexibility index (Phi) is 5.21. The summed E-state index contributed by atoms with van der Waals surface area (Å²) in [5.74, 6) is 0.228. The molecule has 1 aromatic heterocycles. The molecular weight excluding hydrogens is 336 g/mol. The molecule has 0 bridgehead atoms. The molecule has 1 aliphatic heterocycles. The highest BCUT2D eigenvalue weighted by atomic mass is 16.2. The first-order valence-electron chi connectivity index (χ1n) is 9.69. The van der Waals surface area contributed by atoms with Gasteiger partial charge < -0.3 is 10.6 Å². The molecule has 0 spiro atoms. The molecule has 1 atom stereocenters. The van der Waals surface area contributed by atoms with Gasteiger partial charge in [-0.2, -0.15) is 5.10 Å². The number of amides is 1. The Morgan fingerprint density at radius 3 is 2.63 bits per heavy atom. The van der Waals surface area contributed by atoms with Gasteiger partial charge in [-0.1, -0.05) is 48.5 Å². The molecule has 1 aliphatic rings. The molecule has 0 aliphatic carbocycles. The van der Waals surface area contributed by atoms with Gasteiger partial charge >= 0.3 is 0 Å². The Morgan fingerprint density at radius 2 is 1.85 bits per heavy atom. The predicted molar refractivity (Wildman–Crippen MR) is 107 cm³/mol. The second kappa shape index (κ2) is 7.92. The van der Waals surface area contributed by atoms with Crippen molar-refractivity contribution in [2.75, 3.05) is 13.1 Å². The highest BCUT2D eigenvalue weighted by Gasteiger charge is 2.26. The zero-order valence-electron chi connectivity index (χ0n) is 15.7. The van der Waals surface area contributed by atoms with Crippen molar-refractivity contribution in [1.29, 1.82) is 0 Å². The maximum atomic E-state index is 12.9. The van der Waals surface area contributed by atoms with Crippen molar-refractivity contribution in [2.24, 2.45) is 13.0 Å². The molecule has 2 heterocycles. The zero-order chi connectivity index (χ0) is 18.6. The summed E-state index contributed by atoms with van der Waals surface area (Å²) in [6, 6.07) is 18.4. The third-order valence-electron chi connectivity index (χ3n) is 5.43. The standard InChI is InChI=1S/C22H26N4O/c1-26-20-10-6-5-9-18(20)21(25-26)19(15-16-7-3-2-4-8-16)24-22(27)17-11-13-23-14-12-17/h2-10,17,19,23H,11-15H2,1H3,(H,24,27). The summed E-state index contributed by atoms with van der Waals surface area (Å²) in [6.07, 6.45) is 2.53. The molecule has 0 saturated carbocycles. The van der Waals surface area contributed by atoms with Gasteiger partial charge in [0, 0.05) is 18.4 Å². The molecule has 1 saturated heterocycles. The molecule has 1 amide bonds. The first-order chi connectivity index (χ1) is 13.2. The smallest absolute Gasteiger partial charge is 0.223 e. The van der Waals surface area contributed by atoms with Crippen molar-refractivity contribution in [2.45, 2.75) is 25.3 Å². The van der Waals surface area contributed by atoms with Crippen LogP contribution in [-0.4, -0.2) is 28.8 Å². The van der Waals surface area contributed by atoms with Gasteiger partial charge in [0.1, 0.15) is 0 Å². The second-order valence-electron chi connectivity index (χ2n) is 7.30. The lowest BCUT2D eigenvalue weighted by atomic mass is 9.95. The molecule has 1 unspecified atom stereocenters. The minimum absolute atomic E-state index is 0.0829. The number of benzene rings is 2. The quantitative estimate of drug-likeness (QED) is 0.734. The monoisotopic (exact) mass is 362 g/mol. The topological polar surface area (TPSA) is 59.0 Å². The van der Waals surface area contributed by atoms with Gasteiger partial charge in [-0.15, -0.1) is 0 Å². The molecule has 1 fully saturated rings. The van der Waals surface area contributed by atoms with Crippen molar-refractivity contribution in [3.05, 3.63) is 65.9 Å². The summed E-state index contributed by atoms with van der Waals surface area (Å²) in [4.78, 5) is 12.9. The number of hydrogen-bond donors (Lipinski definition) is 2. The van der Waals surface area contributed by atoms with E-state index in [0.29, 0.717) is 0 Å². The highest BCUT2D eigenvalue weighted by Crippen LogP contribution is 2.27. The van der Waals surface area contributed by atoms with Crippen LogP contribution in [0.15, 0.2) is 54.6 Å². The number of aromatic nitrogens is 2. The number of fused-ring (bicyclic) bond motifs is 1. The summed E-state index contributed by atoms with van der Waals surface area (Å²) >= 11 is 0. The molecule has 4 rings (SSSR count). The van der Waals surface area contributed by atoms with E-state index in [0.717, 1.165) is 48.9 Å². The van der Waals surface area contributed by atoms with E-state index < -0.39 is 0 Å². The summed E-state index contributed by atoms with van der Waals surface area (Å²) in [6.45, 7) is 1.82. The third-order valence-corrected chi connectivity index (χ3v) is 5.43. The van der Waals surface area contributed by atoms with Crippen LogP contribution in [0.1, 0.15) is 30.1 Å². The third kappa shape index (κ3) is 3.88. The molecule has 2 N–H and O–H groups in total. The predicted octanol–water partition coefficient (Wildman–Crippen LogP) is 2.97. The van der Waals surface area contributed by atoms with Crippen LogP contribution in [0.2, 0.25) is 0 Å². The lowest BCUT2D eigenvalue weighted by molar-refractivity contribution is -0.126. The number of piperidine rings is 1. The van der Waals surface area contributed by atoms with Gasteiger partial charge in [-0.3, -0.25) is 9.48 Å². The van der Waals surface area contributed by atoms with Crippen LogP contribution in [0.4, 0.5) is 0 Å². The van der Waals surface area contributed by atoms with Crippen molar-refractivity contribution < 1.29 is 4.79 Å². The first-order valence-corrected chi connectivity index (χ1v) is 9.69. The van der Waals surface area contributed by atoms with E-state index in [1.54, 1.807) is 0 Å². The average molecular weight is 362 g/mol. The van der Waals surface area contributed by atoms with Crippen molar-refractivity contribution >= 4 is 16.8 Å². The summed E-state index contributed by atoms with van der Waals surface area (Å²) in [5, 5.41) is 12.5. The fraction of sp³-hybridized carbons (Fsp3) is 0.364. The molecule has 3 aromatic rings. The van der Waals surface area contributed by atoms with Crippen molar-refractivity contribution in [3.8, 4) is 0 Å². The Balaban J connectivity index is 1.65. The van der Waals surface area contributed by atoms with Gasteiger partial charge in [0.2, 0.25) is 5.91 Å². The molecule has 2 aromatic carbocycles. The molecule has 0 radical (unpaired) electrons. The molecule has 5 nitrogen and oxygen atoms in total. The zero-order valence-corrected chi connectivity index (χ0v) is 15.7. The fourth-order valence-electron chi connectivity index (χ4n) is 3.94. The van der Waals surface area contributed by atoms with Gasteiger partial charge in [-0.25, -0.2) is 0 Å². The van der Waals surface area contributed by atoms with E-state index in [4.69, 9.17) is 5.10 Å². The van der Waals surface area contributed by atoms with Crippen LogP contribution in [0, 0.1) is 5.92 Å². The summed E-state index contributed by atoms with van der Waals surface area (Å²) < 4.78 is 1.90. The number of nitrogens with zero attached hydrogens (tertiary/aromatic N) is 2. The maximum absolute atomic E-state index is 12.9. The van der Waals surface area contributed by atoms with E-state index in [1.807, 2.05) is 42.1 Å². The second-order valence-corrected chi connectivity index (χ2v) is 7.30. The SMILES string of the molecule is Cn1nc(C(Cc2ccccc2)NC(=O)C2CCNCC2)c2ccccc21. The Morgan fingerprint density at radius 1 is 1.15 bits per heavy atom. The number of hydrogen-bond acceptors (Lipinski definition) is 3. The van der Waals surface area contributed by atoms with E-state index in [-0.39, 0.29) is 17.9 Å². The number of nitrogens with one attached hydrogen (secondary N) is 2. The van der Waals surface area contributed by atoms with Crippen LogP contribution in [0.3, 0.4) is 0 Å². The number of carbonyl (C=O) groups is 1. The van der Waals surface area contributed by atoms with Crippen molar-refractivity contribution in [3.63, 3.8) is 0 Å². The molecule has 27 heavy (non-hydrogen) atoms. The molecule has 140 valence electrons. The molecular formula is C22H26N4O. The van der Waals surface area contributed by atoms with Crippen LogP contribution >= 0.6 is 0 Å². The maximum Gasteiger partial charge on any atom is 0.223 e. The van der Waals surface area contributed by atoms with Crippen LogP contribution < -0.4 is 10.6 Å². The van der Waals surface area contributed by atoms with Gasteiger partial charge in [0.05, 0.1) is 17.3 Å². The lowest BCUT2D eigenvalue weighted by Gasteiger charge is -2.25. The fourth-order valence-corrected chi connectivity index (χ4v) is 3.94. The number of aryl methyl sites for hydroxylation is 1. The van der Waals surface area contributed by atoms with E-state index in [1.165, 1.54) is 5.56 Å². The Hall–Kier alpha value is -2.66. The number of para-hydroxylation sites is 1.